The van der Waals surface area contributed by atoms with Crippen molar-refractivity contribution >= 4 is 40.5 Å². The number of nitrogens with zero attached hydrogens (tertiary/aromatic N) is 1. The summed E-state index contributed by atoms with van der Waals surface area (Å²) >= 11 is 0. The standard InChI is InChI=1S/C40H37FN2O5/c1-47-23-28-22-32-38(40(46)43(39(32)45)31-16-14-30(15-17-31)42-29-10-6-3-7-11-29)33-24-48-36(37(28)33)19-13-27(26-8-4-2-5-9-26)20-25-12-18-35(44)34(41)21-25/h2-12,14-18,20-21,32-33,36,38,42,44H,13,19,22-24H2,1H3/b27-20-/t32-,33+,36-,38-/m1/s1. The first kappa shape index (κ1) is 31.5. The number of fused-ring (bicyclic) bond motifs is 3. The molecule has 0 aromatic heterocycles. The van der Waals surface area contributed by atoms with E-state index in [9.17, 15) is 19.1 Å². The molecule has 2 heterocycles. The zero-order valence-electron chi connectivity index (χ0n) is 26.6. The molecule has 0 saturated carbocycles. The third-order valence-electron chi connectivity index (χ3n) is 9.65. The lowest BCUT2D eigenvalue weighted by Gasteiger charge is -2.31. The maximum Gasteiger partial charge on any atom is 0.238 e. The zero-order chi connectivity index (χ0) is 33.2. The van der Waals surface area contributed by atoms with Crippen molar-refractivity contribution in [1.82, 2.24) is 0 Å². The van der Waals surface area contributed by atoms with Gasteiger partial charge in [0.15, 0.2) is 11.6 Å². The van der Waals surface area contributed by atoms with Gasteiger partial charge in [0.25, 0.3) is 0 Å². The van der Waals surface area contributed by atoms with Gasteiger partial charge < -0.3 is 19.9 Å². The second-order valence-electron chi connectivity index (χ2n) is 12.6. The summed E-state index contributed by atoms with van der Waals surface area (Å²) in [4.78, 5) is 29.3. The number of rotatable bonds is 10. The lowest BCUT2D eigenvalue weighted by atomic mass is 9.69. The Morgan fingerprint density at radius 3 is 2.35 bits per heavy atom. The summed E-state index contributed by atoms with van der Waals surface area (Å²) in [6.45, 7) is 0.721. The monoisotopic (exact) mass is 644 g/mol. The van der Waals surface area contributed by atoms with Gasteiger partial charge in [-0.05, 0) is 95.6 Å². The SMILES string of the molecule is COCC1=C2[C@@H](CC/C(=C/c3ccc(O)c(F)c3)c3ccccc3)OC[C@@H]2[C@@H]2C(=O)N(c3ccc(Nc4ccccc4)cc3)C(=O)[C@@H]2C1. The van der Waals surface area contributed by atoms with Crippen LogP contribution in [0.5, 0.6) is 5.75 Å². The summed E-state index contributed by atoms with van der Waals surface area (Å²) in [5.74, 6) is -2.60. The van der Waals surface area contributed by atoms with E-state index < -0.39 is 17.7 Å². The molecule has 0 radical (unpaired) electrons. The van der Waals surface area contributed by atoms with E-state index in [1.54, 1.807) is 13.2 Å². The van der Waals surface area contributed by atoms with Gasteiger partial charge in [0, 0.05) is 24.4 Å². The number of methoxy groups -OCH3 is 1. The number of nitrogens with one attached hydrogen (secondary N) is 1. The Hall–Kier alpha value is -5.05. The average molecular weight is 645 g/mol. The van der Waals surface area contributed by atoms with E-state index >= 15 is 0 Å². The summed E-state index contributed by atoms with van der Waals surface area (Å²) in [6.07, 6.45) is 3.41. The zero-order valence-corrected chi connectivity index (χ0v) is 26.6. The first-order chi connectivity index (χ1) is 23.4. The van der Waals surface area contributed by atoms with Gasteiger partial charge in [0.1, 0.15) is 0 Å². The van der Waals surface area contributed by atoms with Crippen LogP contribution in [0.1, 0.15) is 30.4 Å². The number of carbonyl (C=O) groups is 2. The van der Waals surface area contributed by atoms with E-state index in [0.717, 1.165) is 33.7 Å². The van der Waals surface area contributed by atoms with Crippen molar-refractivity contribution in [2.24, 2.45) is 17.8 Å². The Balaban J connectivity index is 1.12. The summed E-state index contributed by atoms with van der Waals surface area (Å²) in [5.41, 5.74) is 7.13. The Morgan fingerprint density at radius 1 is 0.938 bits per heavy atom. The van der Waals surface area contributed by atoms with Crippen LogP contribution in [0.3, 0.4) is 0 Å². The summed E-state index contributed by atoms with van der Waals surface area (Å²) in [5, 5.41) is 13.0. The maximum absolute atomic E-state index is 14.2. The molecule has 4 aromatic rings. The normalized spacial score (nSPS) is 22.2. The van der Waals surface area contributed by atoms with Gasteiger partial charge in [-0.25, -0.2) is 4.39 Å². The number of aromatic hydroxyl groups is 1. The van der Waals surface area contributed by atoms with Crippen LogP contribution in [0.4, 0.5) is 21.5 Å². The number of imide groups is 1. The summed E-state index contributed by atoms with van der Waals surface area (Å²) in [6, 6.07) is 31.5. The van der Waals surface area contributed by atoms with E-state index in [1.165, 1.54) is 17.0 Å². The van der Waals surface area contributed by atoms with E-state index in [0.29, 0.717) is 43.7 Å². The molecule has 2 amide bonds. The number of phenolic OH excluding ortho intramolecular Hbond substituents is 1. The van der Waals surface area contributed by atoms with E-state index in [2.05, 4.69) is 5.32 Å². The van der Waals surface area contributed by atoms with Crippen LogP contribution in [0.15, 0.2) is 114 Å². The summed E-state index contributed by atoms with van der Waals surface area (Å²) in [7, 11) is 1.64. The van der Waals surface area contributed by atoms with Gasteiger partial charge in [-0.2, -0.15) is 0 Å². The Bertz CT molecular complexity index is 1870. The third kappa shape index (κ3) is 6.17. The number of hydrogen-bond acceptors (Lipinski definition) is 6. The quantitative estimate of drug-likeness (QED) is 0.104. The van der Waals surface area contributed by atoms with Crippen LogP contribution in [0, 0.1) is 23.6 Å². The molecule has 2 aliphatic heterocycles. The lowest BCUT2D eigenvalue weighted by molar-refractivity contribution is -0.122. The highest BCUT2D eigenvalue weighted by atomic mass is 19.1. The fourth-order valence-electron chi connectivity index (χ4n) is 7.47. The van der Waals surface area contributed by atoms with E-state index in [-0.39, 0.29) is 29.6 Å². The highest BCUT2D eigenvalue weighted by Gasteiger charge is 2.57. The van der Waals surface area contributed by atoms with E-state index in [1.807, 2.05) is 91.0 Å². The second-order valence-corrected chi connectivity index (χ2v) is 12.6. The van der Waals surface area contributed by atoms with Crippen molar-refractivity contribution in [3.8, 4) is 5.75 Å². The van der Waals surface area contributed by atoms with Gasteiger partial charge in [-0.3, -0.25) is 14.5 Å². The molecule has 244 valence electrons. The molecule has 2 fully saturated rings. The number of allylic oxidation sites excluding steroid dienone is 1. The molecule has 1 aliphatic carbocycles. The second kappa shape index (κ2) is 13.6. The molecule has 8 heteroatoms. The lowest BCUT2D eigenvalue weighted by Crippen LogP contribution is -2.35. The number of benzene rings is 4. The van der Waals surface area contributed by atoms with Crippen molar-refractivity contribution in [2.45, 2.75) is 25.4 Å². The van der Waals surface area contributed by atoms with Crippen LogP contribution < -0.4 is 10.2 Å². The average Bonchev–Trinajstić information content (AvgIpc) is 3.64. The Morgan fingerprint density at radius 2 is 1.65 bits per heavy atom. The van der Waals surface area contributed by atoms with Gasteiger partial charge in [0.05, 0.1) is 36.8 Å². The van der Waals surface area contributed by atoms with Gasteiger partial charge >= 0.3 is 0 Å². The fourth-order valence-corrected chi connectivity index (χ4v) is 7.47. The Kier molecular flexibility index (Phi) is 8.93. The molecule has 4 aromatic carbocycles. The van der Waals surface area contributed by atoms with Gasteiger partial charge in [-0.15, -0.1) is 0 Å². The molecule has 7 nitrogen and oxygen atoms in total. The molecule has 3 aliphatic rings. The van der Waals surface area contributed by atoms with E-state index in [4.69, 9.17) is 9.47 Å². The number of phenols is 1. The molecule has 0 spiro atoms. The fraction of sp³-hybridized carbons (Fsp3) is 0.250. The summed E-state index contributed by atoms with van der Waals surface area (Å²) < 4.78 is 26.2. The number of ether oxygens (including phenoxy) is 2. The molecule has 0 unspecified atom stereocenters. The molecular formula is C40H37FN2O5. The van der Waals surface area contributed by atoms with Gasteiger partial charge in [0.2, 0.25) is 11.8 Å². The Labute approximate surface area is 279 Å². The molecule has 7 rings (SSSR count). The first-order valence-electron chi connectivity index (χ1n) is 16.3. The molecule has 2 saturated heterocycles. The van der Waals surface area contributed by atoms with Crippen molar-refractivity contribution in [3.63, 3.8) is 0 Å². The molecule has 4 atom stereocenters. The highest BCUT2D eigenvalue weighted by molar-refractivity contribution is 6.22. The number of amides is 2. The number of para-hydroxylation sites is 1. The number of anilines is 3. The van der Waals surface area contributed by atoms with Crippen molar-refractivity contribution < 1.29 is 28.6 Å². The van der Waals surface area contributed by atoms with Crippen LogP contribution >= 0.6 is 0 Å². The molecule has 0 bridgehead atoms. The van der Waals surface area contributed by atoms with Crippen LogP contribution in [-0.4, -0.2) is 43.3 Å². The minimum Gasteiger partial charge on any atom is -0.505 e. The van der Waals surface area contributed by atoms with Crippen LogP contribution in [-0.2, 0) is 19.1 Å². The smallest absolute Gasteiger partial charge is 0.238 e. The van der Waals surface area contributed by atoms with Crippen molar-refractivity contribution in [3.05, 3.63) is 131 Å². The van der Waals surface area contributed by atoms with Crippen molar-refractivity contribution in [2.75, 3.05) is 30.5 Å². The number of halogens is 1. The minimum absolute atomic E-state index is 0.180. The molecular weight excluding hydrogens is 607 g/mol. The predicted molar refractivity (Wildman–Crippen MR) is 184 cm³/mol. The van der Waals surface area contributed by atoms with Crippen LogP contribution in [0.25, 0.3) is 11.6 Å². The number of carbonyl (C=O) groups excluding carboxylic acids is 2. The van der Waals surface area contributed by atoms with Crippen LogP contribution in [0.2, 0.25) is 0 Å². The predicted octanol–water partition coefficient (Wildman–Crippen LogP) is 7.76. The van der Waals surface area contributed by atoms with Crippen molar-refractivity contribution in [1.29, 1.82) is 0 Å². The molecule has 48 heavy (non-hydrogen) atoms. The minimum atomic E-state index is -0.672. The third-order valence-corrected chi connectivity index (χ3v) is 9.65. The largest absolute Gasteiger partial charge is 0.505 e. The number of hydrogen-bond donors (Lipinski definition) is 2. The first-order valence-corrected chi connectivity index (χ1v) is 16.3. The topological polar surface area (TPSA) is 88.1 Å². The molecule has 2 N–H and O–H groups in total. The van der Waals surface area contributed by atoms with Gasteiger partial charge in [-0.1, -0.05) is 60.7 Å². The highest BCUT2D eigenvalue weighted by Crippen LogP contribution is 2.51. The maximum atomic E-state index is 14.2.